The highest BCUT2D eigenvalue weighted by atomic mass is 16.5. The van der Waals surface area contributed by atoms with Gasteiger partial charge in [0.1, 0.15) is 5.75 Å². The molecule has 1 heterocycles. The first-order chi connectivity index (χ1) is 9.26. The molecule has 0 fully saturated rings. The molecule has 3 nitrogen and oxygen atoms in total. The van der Waals surface area contributed by atoms with Crippen molar-refractivity contribution in [2.75, 3.05) is 13.2 Å². The van der Waals surface area contributed by atoms with Gasteiger partial charge in [-0.3, -0.25) is 4.79 Å². The molecule has 1 aromatic carbocycles. The molecule has 1 aliphatic rings. The summed E-state index contributed by atoms with van der Waals surface area (Å²) in [7, 11) is 0. The first-order valence-electron chi connectivity index (χ1n) is 7.25. The number of carbonyl (C=O) groups excluding carboxylic acids is 1. The fourth-order valence-electron chi connectivity index (χ4n) is 2.66. The molecule has 0 saturated heterocycles. The Kier molecular flexibility index (Phi) is 4.83. The zero-order valence-electron chi connectivity index (χ0n) is 11.8. The number of benzene rings is 1. The summed E-state index contributed by atoms with van der Waals surface area (Å²) in [4.78, 5) is 12.0. The number of hydrogen-bond acceptors (Lipinski definition) is 2. The van der Waals surface area contributed by atoms with E-state index in [0.29, 0.717) is 5.92 Å². The first kappa shape index (κ1) is 13.9. The SMILES string of the molecule is CCC(CC)C(=O)NCC1CCOc2ccccc21. The predicted molar refractivity (Wildman–Crippen MR) is 76.4 cm³/mol. The molecule has 3 heteroatoms. The summed E-state index contributed by atoms with van der Waals surface area (Å²) in [6.45, 7) is 5.59. The van der Waals surface area contributed by atoms with E-state index in [1.54, 1.807) is 0 Å². The third kappa shape index (κ3) is 3.28. The molecule has 1 N–H and O–H groups in total. The average Bonchev–Trinajstić information content (AvgIpc) is 2.46. The summed E-state index contributed by atoms with van der Waals surface area (Å²) in [6, 6.07) is 8.12. The quantitative estimate of drug-likeness (QED) is 0.884. The number of fused-ring (bicyclic) bond motifs is 1. The Balaban J connectivity index is 1.96. The van der Waals surface area contributed by atoms with Gasteiger partial charge >= 0.3 is 0 Å². The summed E-state index contributed by atoms with van der Waals surface area (Å²) in [5.74, 6) is 1.68. The molecule has 0 radical (unpaired) electrons. The van der Waals surface area contributed by atoms with E-state index >= 15 is 0 Å². The molecule has 104 valence electrons. The molecule has 0 aromatic heterocycles. The Morgan fingerprint density at radius 1 is 1.37 bits per heavy atom. The van der Waals surface area contributed by atoms with Gasteiger partial charge in [0.25, 0.3) is 0 Å². The van der Waals surface area contributed by atoms with Crippen LogP contribution in [-0.4, -0.2) is 19.1 Å². The van der Waals surface area contributed by atoms with Crippen molar-refractivity contribution in [3.05, 3.63) is 29.8 Å². The highest BCUT2D eigenvalue weighted by molar-refractivity contribution is 5.78. The highest BCUT2D eigenvalue weighted by Gasteiger charge is 2.22. The summed E-state index contributed by atoms with van der Waals surface area (Å²) in [5, 5.41) is 3.10. The van der Waals surface area contributed by atoms with Crippen LogP contribution >= 0.6 is 0 Å². The fourth-order valence-corrected chi connectivity index (χ4v) is 2.66. The monoisotopic (exact) mass is 261 g/mol. The summed E-state index contributed by atoms with van der Waals surface area (Å²) in [6.07, 6.45) is 2.79. The zero-order valence-corrected chi connectivity index (χ0v) is 11.8. The predicted octanol–water partition coefficient (Wildman–Crippen LogP) is 3.11. The molecule has 19 heavy (non-hydrogen) atoms. The van der Waals surface area contributed by atoms with E-state index in [2.05, 4.69) is 25.2 Å². The van der Waals surface area contributed by atoms with Crippen molar-refractivity contribution in [1.82, 2.24) is 5.32 Å². The van der Waals surface area contributed by atoms with E-state index in [4.69, 9.17) is 4.74 Å². The minimum absolute atomic E-state index is 0.148. The molecule has 1 aliphatic heterocycles. The van der Waals surface area contributed by atoms with Gasteiger partial charge in [-0.2, -0.15) is 0 Å². The second kappa shape index (κ2) is 6.60. The largest absolute Gasteiger partial charge is 0.493 e. The van der Waals surface area contributed by atoms with Crippen LogP contribution in [0.2, 0.25) is 0 Å². The van der Waals surface area contributed by atoms with Gasteiger partial charge in [0.2, 0.25) is 5.91 Å². The lowest BCUT2D eigenvalue weighted by molar-refractivity contribution is -0.125. The molecule has 1 unspecified atom stereocenters. The number of hydrogen-bond donors (Lipinski definition) is 1. The molecular formula is C16H23NO2. The maximum absolute atomic E-state index is 12.0. The maximum Gasteiger partial charge on any atom is 0.223 e. The Morgan fingerprint density at radius 2 is 2.11 bits per heavy atom. The molecule has 0 saturated carbocycles. The molecule has 2 rings (SSSR count). The van der Waals surface area contributed by atoms with Crippen LogP contribution < -0.4 is 10.1 Å². The van der Waals surface area contributed by atoms with E-state index < -0.39 is 0 Å². The number of para-hydroxylation sites is 1. The molecule has 1 aromatic rings. The van der Waals surface area contributed by atoms with Gasteiger partial charge in [-0.05, 0) is 30.9 Å². The van der Waals surface area contributed by atoms with Gasteiger partial charge in [-0.15, -0.1) is 0 Å². The summed E-state index contributed by atoms with van der Waals surface area (Å²) >= 11 is 0. The minimum atomic E-state index is 0.148. The van der Waals surface area contributed by atoms with Crippen molar-refractivity contribution in [2.45, 2.75) is 39.0 Å². The number of rotatable bonds is 5. The molecular weight excluding hydrogens is 238 g/mol. The van der Waals surface area contributed by atoms with Crippen molar-refractivity contribution in [2.24, 2.45) is 5.92 Å². The van der Waals surface area contributed by atoms with Crippen LogP contribution in [0.15, 0.2) is 24.3 Å². The van der Waals surface area contributed by atoms with Gasteiger partial charge in [-0.25, -0.2) is 0 Å². The van der Waals surface area contributed by atoms with E-state index in [1.807, 2.05) is 18.2 Å². The normalized spacial score (nSPS) is 17.7. The second-order valence-electron chi connectivity index (χ2n) is 5.13. The van der Waals surface area contributed by atoms with Crippen LogP contribution in [0, 0.1) is 5.92 Å². The Labute approximate surface area is 115 Å². The topological polar surface area (TPSA) is 38.3 Å². The van der Waals surface area contributed by atoms with Crippen molar-refractivity contribution < 1.29 is 9.53 Å². The zero-order chi connectivity index (χ0) is 13.7. The highest BCUT2D eigenvalue weighted by Crippen LogP contribution is 2.32. The second-order valence-corrected chi connectivity index (χ2v) is 5.13. The Bertz CT molecular complexity index is 427. The van der Waals surface area contributed by atoms with E-state index in [-0.39, 0.29) is 11.8 Å². The lowest BCUT2D eigenvalue weighted by Gasteiger charge is -2.26. The standard InChI is InChI=1S/C16H23NO2/c1-3-12(4-2)16(18)17-11-13-9-10-19-15-8-6-5-7-14(13)15/h5-8,12-13H,3-4,9-11H2,1-2H3,(H,17,18). The fraction of sp³-hybridized carbons (Fsp3) is 0.562. The minimum Gasteiger partial charge on any atom is -0.493 e. The third-order valence-corrected chi connectivity index (χ3v) is 3.96. The van der Waals surface area contributed by atoms with Crippen LogP contribution in [0.3, 0.4) is 0 Å². The van der Waals surface area contributed by atoms with Gasteiger partial charge in [0.15, 0.2) is 0 Å². The van der Waals surface area contributed by atoms with Crippen LogP contribution in [0.25, 0.3) is 0 Å². The molecule has 0 aliphatic carbocycles. The number of ether oxygens (including phenoxy) is 1. The van der Waals surface area contributed by atoms with Gasteiger partial charge < -0.3 is 10.1 Å². The average molecular weight is 261 g/mol. The first-order valence-corrected chi connectivity index (χ1v) is 7.25. The van der Waals surface area contributed by atoms with E-state index in [1.165, 1.54) is 5.56 Å². The number of nitrogens with one attached hydrogen (secondary N) is 1. The van der Waals surface area contributed by atoms with Gasteiger partial charge in [0.05, 0.1) is 6.61 Å². The van der Waals surface area contributed by atoms with Crippen LogP contribution in [0.1, 0.15) is 44.6 Å². The van der Waals surface area contributed by atoms with Gasteiger partial charge in [0, 0.05) is 18.4 Å². The van der Waals surface area contributed by atoms with Crippen LogP contribution in [0.5, 0.6) is 5.75 Å². The number of amides is 1. The third-order valence-electron chi connectivity index (χ3n) is 3.96. The van der Waals surface area contributed by atoms with Crippen LogP contribution in [0.4, 0.5) is 0 Å². The molecule has 0 spiro atoms. The van der Waals surface area contributed by atoms with Crippen LogP contribution in [-0.2, 0) is 4.79 Å². The lowest BCUT2D eigenvalue weighted by atomic mass is 9.92. The Hall–Kier alpha value is -1.51. The van der Waals surface area contributed by atoms with E-state index in [0.717, 1.165) is 38.2 Å². The van der Waals surface area contributed by atoms with E-state index in [9.17, 15) is 4.79 Å². The lowest BCUT2D eigenvalue weighted by Crippen LogP contribution is -2.34. The van der Waals surface area contributed by atoms with Crippen molar-refractivity contribution >= 4 is 5.91 Å². The van der Waals surface area contributed by atoms with Gasteiger partial charge in [-0.1, -0.05) is 32.0 Å². The molecule has 1 atom stereocenters. The summed E-state index contributed by atoms with van der Waals surface area (Å²) < 4.78 is 5.64. The molecule has 1 amide bonds. The Morgan fingerprint density at radius 3 is 2.84 bits per heavy atom. The number of carbonyl (C=O) groups is 1. The summed E-state index contributed by atoms with van der Waals surface area (Å²) in [5.41, 5.74) is 1.22. The van der Waals surface area contributed by atoms with Crippen molar-refractivity contribution in [3.8, 4) is 5.75 Å². The van der Waals surface area contributed by atoms with Crippen molar-refractivity contribution in [3.63, 3.8) is 0 Å². The maximum atomic E-state index is 12.0. The van der Waals surface area contributed by atoms with Crippen molar-refractivity contribution in [1.29, 1.82) is 0 Å². The molecule has 0 bridgehead atoms. The smallest absolute Gasteiger partial charge is 0.223 e.